The molecule has 0 spiro atoms. The Kier molecular flexibility index (Phi) is 7.08. The van der Waals surface area contributed by atoms with E-state index >= 15 is 0 Å². The topological polar surface area (TPSA) is 67.4 Å². The van der Waals surface area contributed by atoms with Crippen LogP contribution >= 0.6 is 0 Å². The number of methoxy groups -OCH3 is 1. The molecule has 0 bridgehead atoms. The molecule has 1 aromatic carbocycles. The van der Waals surface area contributed by atoms with Gasteiger partial charge < -0.3 is 10.1 Å². The van der Waals surface area contributed by atoms with E-state index in [0.717, 1.165) is 0 Å². The molecule has 2 N–H and O–H groups in total. The molecule has 0 aliphatic rings. The van der Waals surface area contributed by atoms with Gasteiger partial charge in [0, 0.05) is 32.4 Å². The van der Waals surface area contributed by atoms with E-state index in [-0.39, 0.29) is 11.4 Å². The minimum atomic E-state index is -3.61. The summed E-state index contributed by atoms with van der Waals surface area (Å²) in [7, 11) is -2.05. The molecule has 1 aromatic rings. The van der Waals surface area contributed by atoms with Crippen molar-refractivity contribution >= 4 is 10.0 Å². The Morgan fingerprint density at radius 2 is 2.10 bits per heavy atom. The number of hydrogen-bond donors (Lipinski definition) is 2. The Balaban J connectivity index is 2.78. The molecule has 0 saturated heterocycles. The lowest BCUT2D eigenvalue weighted by Crippen LogP contribution is -2.26. The van der Waals surface area contributed by atoms with Crippen LogP contribution in [0.2, 0.25) is 0 Å². The van der Waals surface area contributed by atoms with Crippen molar-refractivity contribution in [2.24, 2.45) is 0 Å². The van der Waals surface area contributed by atoms with Gasteiger partial charge in [-0.25, -0.2) is 17.5 Å². The van der Waals surface area contributed by atoms with Crippen molar-refractivity contribution in [3.8, 4) is 0 Å². The van der Waals surface area contributed by atoms with Crippen LogP contribution in [0.15, 0.2) is 23.1 Å². The molecule has 0 amide bonds. The molecule has 1 rings (SSSR count). The standard InChI is InChI=1S/C13H21FN2O3S/c1-3-15-10-11-9-12(5-6-13(11)14)20(17,18)16-7-4-8-19-2/h5-6,9,15-16H,3-4,7-8,10H2,1-2H3. The lowest BCUT2D eigenvalue weighted by Gasteiger charge is -2.09. The van der Waals surface area contributed by atoms with Crippen LogP contribution in [0.4, 0.5) is 4.39 Å². The van der Waals surface area contributed by atoms with Crippen LogP contribution in [0.3, 0.4) is 0 Å². The zero-order valence-corrected chi connectivity index (χ0v) is 12.6. The highest BCUT2D eigenvalue weighted by atomic mass is 32.2. The minimum Gasteiger partial charge on any atom is -0.385 e. The van der Waals surface area contributed by atoms with Crippen LogP contribution < -0.4 is 10.0 Å². The van der Waals surface area contributed by atoms with Crippen LogP contribution in [-0.4, -0.2) is 35.2 Å². The summed E-state index contributed by atoms with van der Waals surface area (Å²) in [4.78, 5) is 0.0734. The first-order chi connectivity index (χ1) is 9.51. The van der Waals surface area contributed by atoms with E-state index in [2.05, 4.69) is 10.0 Å². The highest BCUT2D eigenvalue weighted by molar-refractivity contribution is 7.89. The molecule has 5 nitrogen and oxygen atoms in total. The van der Waals surface area contributed by atoms with E-state index in [1.165, 1.54) is 18.2 Å². The van der Waals surface area contributed by atoms with Crippen molar-refractivity contribution in [1.82, 2.24) is 10.0 Å². The molecular weight excluding hydrogens is 283 g/mol. The Bertz CT molecular complexity index is 520. The average molecular weight is 304 g/mol. The zero-order chi connectivity index (χ0) is 15.0. The molecule has 0 radical (unpaired) electrons. The minimum absolute atomic E-state index is 0.0734. The van der Waals surface area contributed by atoms with Gasteiger partial charge in [-0.05, 0) is 31.2 Å². The summed E-state index contributed by atoms with van der Waals surface area (Å²) in [6.07, 6.45) is 0.584. The first-order valence-corrected chi connectivity index (χ1v) is 7.97. The zero-order valence-electron chi connectivity index (χ0n) is 11.8. The highest BCUT2D eigenvalue weighted by Crippen LogP contribution is 2.15. The summed E-state index contributed by atoms with van der Waals surface area (Å²) in [5.41, 5.74) is 0.339. The summed E-state index contributed by atoms with van der Waals surface area (Å²) in [6, 6.07) is 3.80. The molecule has 0 atom stereocenters. The maximum atomic E-state index is 13.6. The van der Waals surface area contributed by atoms with Gasteiger partial charge in [0.2, 0.25) is 10.0 Å². The van der Waals surface area contributed by atoms with Gasteiger partial charge in [-0.3, -0.25) is 0 Å². The summed E-state index contributed by atoms with van der Waals surface area (Å²) in [5.74, 6) is -0.413. The van der Waals surface area contributed by atoms with E-state index in [1.807, 2.05) is 6.92 Å². The van der Waals surface area contributed by atoms with E-state index in [1.54, 1.807) is 7.11 Å². The number of rotatable bonds is 9. The third-order valence-corrected chi connectivity index (χ3v) is 4.17. The van der Waals surface area contributed by atoms with Gasteiger partial charge in [0.15, 0.2) is 0 Å². The second-order valence-corrected chi connectivity index (χ2v) is 6.04. The monoisotopic (exact) mass is 304 g/mol. The Labute approximate surface area is 119 Å². The summed E-state index contributed by atoms with van der Waals surface area (Å²) in [5, 5.41) is 2.97. The van der Waals surface area contributed by atoms with Gasteiger partial charge >= 0.3 is 0 Å². The fourth-order valence-electron chi connectivity index (χ4n) is 1.62. The van der Waals surface area contributed by atoms with Crippen molar-refractivity contribution < 1.29 is 17.5 Å². The largest absolute Gasteiger partial charge is 0.385 e. The molecule has 0 aliphatic heterocycles. The Hall–Kier alpha value is -1.02. The van der Waals surface area contributed by atoms with Crippen molar-refractivity contribution in [1.29, 1.82) is 0 Å². The van der Waals surface area contributed by atoms with E-state index < -0.39 is 15.8 Å². The van der Waals surface area contributed by atoms with Crippen LogP contribution in [-0.2, 0) is 21.3 Å². The predicted molar refractivity (Wildman–Crippen MR) is 75.5 cm³/mol. The number of hydrogen-bond acceptors (Lipinski definition) is 4. The number of nitrogens with one attached hydrogen (secondary N) is 2. The maximum absolute atomic E-state index is 13.6. The quantitative estimate of drug-likeness (QED) is 0.674. The smallest absolute Gasteiger partial charge is 0.240 e. The molecule has 0 aliphatic carbocycles. The predicted octanol–water partition coefficient (Wildman–Crippen LogP) is 1.25. The Morgan fingerprint density at radius 3 is 2.75 bits per heavy atom. The Morgan fingerprint density at radius 1 is 1.35 bits per heavy atom. The van der Waals surface area contributed by atoms with Crippen LogP contribution in [0.1, 0.15) is 18.9 Å². The molecule has 0 aromatic heterocycles. The third-order valence-electron chi connectivity index (χ3n) is 2.71. The fraction of sp³-hybridized carbons (Fsp3) is 0.538. The van der Waals surface area contributed by atoms with Crippen LogP contribution in [0.25, 0.3) is 0 Å². The number of sulfonamides is 1. The van der Waals surface area contributed by atoms with Crippen molar-refractivity contribution in [3.05, 3.63) is 29.6 Å². The fourth-order valence-corrected chi connectivity index (χ4v) is 2.74. The molecule has 0 heterocycles. The SMILES string of the molecule is CCNCc1cc(S(=O)(=O)NCCCOC)ccc1F. The molecule has 0 fully saturated rings. The average Bonchev–Trinajstić information content (AvgIpc) is 2.42. The van der Waals surface area contributed by atoms with Gasteiger partial charge in [-0.15, -0.1) is 0 Å². The number of benzene rings is 1. The van der Waals surface area contributed by atoms with Crippen molar-refractivity contribution in [3.63, 3.8) is 0 Å². The normalized spacial score (nSPS) is 11.8. The van der Waals surface area contributed by atoms with E-state index in [0.29, 0.717) is 31.7 Å². The summed E-state index contributed by atoms with van der Waals surface area (Å²) >= 11 is 0. The van der Waals surface area contributed by atoms with E-state index in [4.69, 9.17) is 4.74 Å². The van der Waals surface area contributed by atoms with Gasteiger partial charge in [0.05, 0.1) is 4.90 Å². The lowest BCUT2D eigenvalue weighted by molar-refractivity contribution is 0.196. The van der Waals surface area contributed by atoms with Gasteiger partial charge in [-0.2, -0.15) is 0 Å². The van der Waals surface area contributed by atoms with Gasteiger partial charge in [-0.1, -0.05) is 6.92 Å². The van der Waals surface area contributed by atoms with Gasteiger partial charge in [0.1, 0.15) is 5.82 Å². The highest BCUT2D eigenvalue weighted by Gasteiger charge is 2.15. The van der Waals surface area contributed by atoms with Crippen LogP contribution in [0, 0.1) is 5.82 Å². The van der Waals surface area contributed by atoms with E-state index in [9.17, 15) is 12.8 Å². The number of halogens is 1. The molecular formula is C13H21FN2O3S. The summed E-state index contributed by atoms with van der Waals surface area (Å²) < 4.78 is 44.9. The van der Waals surface area contributed by atoms with Crippen LogP contribution in [0.5, 0.6) is 0 Å². The van der Waals surface area contributed by atoms with Crippen molar-refractivity contribution in [2.75, 3.05) is 26.8 Å². The first kappa shape index (κ1) is 17.0. The molecule has 0 saturated carbocycles. The van der Waals surface area contributed by atoms with Crippen molar-refractivity contribution in [2.45, 2.75) is 24.8 Å². The lowest BCUT2D eigenvalue weighted by atomic mass is 10.2. The molecule has 0 unspecified atom stereocenters. The third kappa shape index (κ3) is 5.16. The maximum Gasteiger partial charge on any atom is 0.240 e. The summed E-state index contributed by atoms with van der Waals surface area (Å²) in [6.45, 7) is 3.66. The molecule has 20 heavy (non-hydrogen) atoms. The number of ether oxygens (including phenoxy) is 1. The first-order valence-electron chi connectivity index (χ1n) is 6.49. The molecule has 7 heteroatoms. The second kappa shape index (κ2) is 8.31. The molecule has 114 valence electrons. The second-order valence-electron chi connectivity index (χ2n) is 4.28. The van der Waals surface area contributed by atoms with Gasteiger partial charge in [0.25, 0.3) is 0 Å².